The third kappa shape index (κ3) is 2.97. The largest absolute Gasteiger partial charge is 0.478 e. The Morgan fingerprint density at radius 3 is 2.74 bits per heavy atom. The molecule has 2 N–H and O–H groups in total. The molecule has 19 heavy (non-hydrogen) atoms. The van der Waals surface area contributed by atoms with Crippen LogP contribution >= 0.6 is 0 Å². The van der Waals surface area contributed by atoms with E-state index in [0.29, 0.717) is 18.1 Å². The number of amides is 1. The number of aryl methyl sites for hydroxylation is 1. The van der Waals surface area contributed by atoms with Crippen molar-refractivity contribution in [2.75, 3.05) is 0 Å². The highest BCUT2D eigenvalue weighted by Crippen LogP contribution is 2.34. The van der Waals surface area contributed by atoms with E-state index in [4.69, 9.17) is 9.52 Å². The molecule has 0 spiro atoms. The Kier molecular flexibility index (Phi) is 3.93. The van der Waals surface area contributed by atoms with Gasteiger partial charge in [-0.3, -0.25) is 4.79 Å². The number of rotatable bonds is 6. The van der Waals surface area contributed by atoms with E-state index < -0.39 is 5.97 Å². The van der Waals surface area contributed by atoms with Gasteiger partial charge < -0.3 is 14.8 Å². The van der Waals surface area contributed by atoms with Gasteiger partial charge >= 0.3 is 5.97 Å². The van der Waals surface area contributed by atoms with E-state index in [0.717, 1.165) is 19.3 Å². The van der Waals surface area contributed by atoms with Crippen LogP contribution in [0.5, 0.6) is 0 Å². The van der Waals surface area contributed by atoms with Gasteiger partial charge in [-0.2, -0.15) is 0 Å². The van der Waals surface area contributed by atoms with Gasteiger partial charge in [0.15, 0.2) is 5.76 Å². The van der Waals surface area contributed by atoms with E-state index in [-0.39, 0.29) is 23.3 Å². The molecule has 1 aromatic heterocycles. The molecule has 1 aliphatic rings. The van der Waals surface area contributed by atoms with Crippen molar-refractivity contribution in [1.29, 1.82) is 0 Å². The lowest BCUT2D eigenvalue weighted by molar-refractivity contribution is 0.0694. The first-order valence-corrected chi connectivity index (χ1v) is 6.73. The predicted octanol–water partition coefficient (Wildman–Crippen LogP) is 2.46. The molecule has 1 amide bonds. The molecule has 104 valence electrons. The molecule has 1 saturated carbocycles. The number of carbonyl (C=O) groups excluding carboxylic acids is 1. The third-order valence-corrected chi connectivity index (χ3v) is 3.48. The van der Waals surface area contributed by atoms with Crippen molar-refractivity contribution in [3.63, 3.8) is 0 Å². The Bertz CT molecular complexity index is 492. The van der Waals surface area contributed by atoms with Crippen molar-refractivity contribution in [3.8, 4) is 0 Å². The van der Waals surface area contributed by atoms with E-state index in [1.165, 1.54) is 6.07 Å². The molecular formula is C14H19NO4. The van der Waals surface area contributed by atoms with E-state index >= 15 is 0 Å². The van der Waals surface area contributed by atoms with Crippen molar-refractivity contribution >= 4 is 11.9 Å². The van der Waals surface area contributed by atoms with Crippen LogP contribution in [0.2, 0.25) is 0 Å². The molecule has 0 saturated heterocycles. The molecule has 5 nitrogen and oxygen atoms in total. The second-order valence-electron chi connectivity index (χ2n) is 4.97. The van der Waals surface area contributed by atoms with Crippen LogP contribution in [0.15, 0.2) is 10.5 Å². The summed E-state index contributed by atoms with van der Waals surface area (Å²) in [6, 6.07) is 1.53. The van der Waals surface area contributed by atoms with Crippen LogP contribution in [-0.2, 0) is 6.42 Å². The number of hydrogen-bond acceptors (Lipinski definition) is 3. The van der Waals surface area contributed by atoms with Crippen LogP contribution in [0, 0.1) is 5.92 Å². The van der Waals surface area contributed by atoms with Gasteiger partial charge in [0, 0.05) is 18.5 Å². The SMILES string of the molecule is CCCC1CC1NC(=O)c1cc(C(=O)O)c(CC)o1. The molecule has 2 atom stereocenters. The molecule has 1 aliphatic carbocycles. The maximum atomic E-state index is 12.0. The maximum Gasteiger partial charge on any atom is 0.339 e. The summed E-state index contributed by atoms with van der Waals surface area (Å²) in [6.45, 7) is 3.92. The zero-order valence-corrected chi connectivity index (χ0v) is 11.2. The standard InChI is InChI=1S/C14H19NO4/c1-3-5-8-6-10(8)15-13(16)12-7-9(14(17)18)11(4-2)19-12/h7-8,10H,3-6H2,1-2H3,(H,15,16)(H,17,18). The number of furan rings is 1. The van der Waals surface area contributed by atoms with Crippen molar-refractivity contribution < 1.29 is 19.1 Å². The number of aromatic carboxylic acids is 1. The van der Waals surface area contributed by atoms with Crippen molar-refractivity contribution in [2.24, 2.45) is 5.92 Å². The minimum absolute atomic E-state index is 0.0774. The van der Waals surface area contributed by atoms with Crippen LogP contribution in [0.4, 0.5) is 0 Å². The van der Waals surface area contributed by atoms with Crippen LogP contribution in [0.25, 0.3) is 0 Å². The van der Waals surface area contributed by atoms with Gasteiger partial charge in [-0.15, -0.1) is 0 Å². The van der Waals surface area contributed by atoms with E-state index in [1.54, 1.807) is 6.92 Å². The van der Waals surface area contributed by atoms with Gasteiger partial charge in [0.25, 0.3) is 5.91 Å². The predicted molar refractivity (Wildman–Crippen MR) is 69.3 cm³/mol. The highest BCUT2D eigenvalue weighted by Gasteiger charge is 2.37. The van der Waals surface area contributed by atoms with E-state index in [1.807, 2.05) is 0 Å². The van der Waals surface area contributed by atoms with Crippen LogP contribution in [0.3, 0.4) is 0 Å². The van der Waals surface area contributed by atoms with Gasteiger partial charge in [-0.05, 0) is 18.8 Å². The van der Waals surface area contributed by atoms with Gasteiger partial charge in [0.05, 0.1) is 0 Å². The number of carbonyl (C=O) groups is 2. The van der Waals surface area contributed by atoms with Gasteiger partial charge in [0.1, 0.15) is 11.3 Å². The zero-order valence-electron chi connectivity index (χ0n) is 11.2. The lowest BCUT2D eigenvalue weighted by Gasteiger charge is -2.01. The second kappa shape index (κ2) is 5.47. The molecule has 2 rings (SSSR count). The summed E-state index contributed by atoms with van der Waals surface area (Å²) in [5.74, 6) is -0.371. The van der Waals surface area contributed by atoms with Gasteiger partial charge in [-0.1, -0.05) is 20.3 Å². The quantitative estimate of drug-likeness (QED) is 0.828. The summed E-state index contributed by atoms with van der Waals surface area (Å²) in [4.78, 5) is 22.9. The average molecular weight is 265 g/mol. The Balaban J connectivity index is 2.02. The normalized spacial score (nSPS) is 21.2. The Morgan fingerprint density at radius 1 is 1.47 bits per heavy atom. The summed E-state index contributed by atoms with van der Waals surface area (Å²) in [5, 5.41) is 11.9. The van der Waals surface area contributed by atoms with Crippen LogP contribution in [0.1, 0.15) is 59.8 Å². The molecule has 5 heteroatoms. The number of hydrogen-bond donors (Lipinski definition) is 2. The minimum Gasteiger partial charge on any atom is -0.478 e. The average Bonchev–Trinajstić information content (AvgIpc) is 2.94. The lowest BCUT2D eigenvalue weighted by atomic mass is 10.2. The number of carboxylic acid groups (broad SMARTS) is 1. The Labute approximate surface area is 112 Å². The monoisotopic (exact) mass is 265 g/mol. The second-order valence-corrected chi connectivity index (χ2v) is 4.97. The zero-order chi connectivity index (χ0) is 14.0. The van der Waals surface area contributed by atoms with E-state index in [9.17, 15) is 9.59 Å². The molecule has 0 aliphatic heterocycles. The molecular weight excluding hydrogens is 246 g/mol. The highest BCUT2D eigenvalue weighted by molar-refractivity contribution is 5.96. The van der Waals surface area contributed by atoms with Crippen molar-refractivity contribution in [2.45, 2.75) is 45.6 Å². The third-order valence-electron chi connectivity index (χ3n) is 3.48. The summed E-state index contributed by atoms with van der Waals surface area (Å²) in [6.07, 6.45) is 3.69. The fourth-order valence-electron chi connectivity index (χ4n) is 2.34. The fourth-order valence-corrected chi connectivity index (χ4v) is 2.34. The van der Waals surface area contributed by atoms with E-state index in [2.05, 4.69) is 12.2 Å². The summed E-state index contributed by atoms with van der Waals surface area (Å²) in [5.41, 5.74) is 0.0774. The Hall–Kier alpha value is -1.78. The molecule has 2 unspecified atom stereocenters. The maximum absolute atomic E-state index is 12.0. The lowest BCUT2D eigenvalue weighted by Crippen LogP contribution is -2.26. The van der Waals surface area contributed by atoms with Crippen LogP contribution < -0.4 is 5.32 Å². The first-order chi connectivity index (χ1) is 9.06. The molecule has 0 bridgehead atoms. The Morgan fingerprint density at radius 2 is 2.21 bits per heavy atom. The fraction of sp³-hybridized carbons (Fsp3) is 0.571. The van der Waals surface area contributed by atoms with Crippen LogP contribution in [-0.4, -0.2) is 23.0 Å². The summed E-state index contributed by atoms with van der Waals surface area (Å²) < 4.78 is 5.32. The summed E-state index contributed by atoms with van der Waals surface area (Å²) >= 11 is 0. The van der Waals surface area contributed by atoms with Crippen molar-refractivity contribution in [1.82, 2.24) is 5.32 Å². The minimum atomic E-state index is -1.06. The first-order valence-electron chi connectivity index (χ1n) is 6.73. The molecule has 1 aromatic rings. The van der Waals surface area contributed by atoms with Crippen molar-refractivity contribution in [3.05, 3.63) is 23.2 Å². The molecule has 1 heterocycles. The molecule has 1 fully saturated rings. The summed E-state index contributed by atoms with van der Waals surface area (Å²) in [7, 11) is 0. The number of nitrogens with one attached hydrogen (secondary N) is 1. The van der Waals surface area contributed by atoms with Gasteiger partial charge in [0.2, 0.25) is 0 Å². The first kappa shape index (κ1) is 13.6. The molecule has 0 radical (unpaired) electrons. The molecule has 0 aromatic carbocycles. The number of carboxylic acids is 1. The topological polar surface area (TPSA) is 79.5 Å². The van der Waals surface area contributed by atoms with Gasteiger partial charge in [-0.25, -0.2) is 4.79 Å². The smallest absolute Gasteiger partial charge is 0.339 e. The highest BCUT2D eigenvalue weighted by atomic mass is 16.4.